The van der Waals surface area contributed by atoms with E-state index in [1.54, 1.807) is 18.2 Å². The van der Waals surface area contributed by atoms with E-state index in [4.69, 9.17) is 16.3 Å². The fourth-order valence-corrected chi connectivity index (χ4v) is 1.94. The smallest absolute Gasteiger partial charge is 0.228 e. The van der Waals surface area contributed by atoms with Gasteiger partial charge in [0.2, 0.25) is 5.78 Å². The van der Waals surface area contributed by atoms with E-state index in [0.717, 1.165) is 6.42 Å². The van der Waals surface area contributed by atoms with Gasteiger partial charge in [-0.2, -0.15) is 0 Å². The molecule has 0 radical (unpaired) electrons. The lowest BCUT2D eigenvalue weighted by Gasteiger charge is -2.16. The third kappa shape index (κ3) is 2.11. The Kier molecular flexibility index (Phi) is 3.29. The van der Waals surface area contributed by atoms with Crippen LogP contribution in [0, 0.1) is 0 Å². The van der Waals surface area contributed by atoms with Crippen molar-refractivity contribution in [3.05, 3.63) is 46.2 Å². The zero-order valence-electron chi connectivity index (χ0n) is 9.33. The van der Waals surface area contributed by atoms with Crippen LogP contribution in [0.25, 0.3) is 0 Å². The summed E-state index contributed by atoms with van der Waals surface area (Å²) in [6, 6.07) is 4.83. The summed E-state index contributed by atoms with van der Waals surface area (Å²) in [5.41, 5.74) is 0.583. The van der Waals surface area contributed by atoms with Gasteiger partial charge in [0.25, 0.3) is 0 Å². The van der Waals surface area contributed by atoms with Gasteiger partial charge < -0.3 is 4.74 Å². The lowest BCUT2D eigenvalue weighted by atomic mass is 9.93. The number of halogens is 1. The molecule has 0 amide bonds. The summed E-state index contributed by atoms with van der Waals surface area (Å²) in [7, 11) is 0. The molecule has 2 rings (SSSR count). The number of carbonyl (C=O) groups excluding carboxylic acids is 2. The molecule has 1 aromatic carbocycles. The van der Waals surface area contributed by atoms with Crippen LogP contribution in [0.15, 0.2) is 30.0 Å². The standard InChI is InChI=1S/C13H11ClO3/c1-2-6-17-11-7-10(15)12-8(13(11)16)4-3-5-9(12)14/h3-5,7H,2,6H2,1H3. The van der Waals surface area contributed by atoms with E-state index < -0.39 is 0 Å². The topological polar surface area (TPSA) is 43.4 Å². The highest BCUT2D eigenvalue weighted by Gasteiger charge is 2.28. The molecular weight excluding hydrogens is 240 g/mol. The number of ether oxygens (including phenoxy) is 1. The zero-order chi connectivity index (χ0) is 12.4. The Labute approximate surface area is 104 Å². The maximum absolute atomic E-state index is 12.0. The Balaban J connectivity index is 2.43. The van der Waals surface area contributed by atoms with Crippen LogP contribution in [0.2, 0.25) is 5.02 Å². The molecule has 0 fully saturated rings. The largest absolute Gasteiger partial charge is 0.489 e. The van der Waals surface area contributed by atoms with Gasteiger partial charge in [-0.05, 0) is 12.5 Å². The molecule has 0 heterocycles. The SMILES string of the molecule is CCCOC1=CC(=O)c2c(Cl)cccc2C1=O. The van der Waals surface area contributed by atoms with Crippen molar-refractivity contribution in [1.29, 1.82) is 0 Å². The number of allylic oxidation sites excluding steroid dienone is 2. The van der Waals surface area contributed by atoms with Crippen LogP contribution in [-0.4, -0.2) is 18.2 Å². The maximum Gasteiger partial charge on any atom is 0.228 e. The molecule has 4 heteroatoms. The van der Waals surface area contributed by atoms with Gasteiger partial charge in [-0.1, -0.05) is 30.7 Å². The predicted molar refractivity (Wildman–Crippen MR) is 64.4 cm³/mol. The molecule has 0 unspecified atom stereocenters. The van der Waals surface area contributed by atoms with Crippen LogP contribution < -0.4 is 0 Å². The van der Waals surface area contributed by atoms with Crippen molar-refractivity contribution in [2.24, 2.45) is 0 Å². The number of rotatable bonds is 3. The summed E-state index contributed by atoms with van der Waals surface area (Å²) in [4.78, 5) is 23.8. The van der Waals surface area contributed by atoms with E-state index in [9.17, 15) is 9.59 Å². The summed E-state index contributed by atoms with van der Waals surface area (Å²) in [6.45, 7) is 2.35. The average Bonchev–Trinajstić information content (AvgIpc) is 2.31. The number of carbonyl (C=O) groups is 2. The number of ketones is 2. The third-order valence-electron chi connectivity index (χ3n) is 2.45. The van der Waals surface area contributed by atoms with E-state index in [-0.39, 0.29) is 22.9 Å². The summed E-state index contributed by atoms with van der Waals surface area (Å²) in [5, 5.41) is 0.298. The predicted octanol–water partition coefficient (Wildman–Crippen LogP) is 3.03. The Morgan fingerprint density at radius 2 is 2.06 bits per heavy atom. The minimum Gasteiger partial charge on any atom is -0.489 e. The van der Waals surface area contributed by atoms with Gasteiger partial charge in [-0.25, -0.2) is 0 Å². The van der Waals surface area contributed by atoms with Gasteiger partial charge >= 0.3 is 0 Å². The fourth-order valence-electron chi connectivity index (χ4n) is 1.67. The van der Waals surface area contributed by atoms with Crippen LogP contribution >= 0.6 is 11.6 Å². The van der Waals surface area contributed by atoms with Crippen molar-refractivity contribution in [2.45, 2.75) is 13.3 Å². The van der Waals surface area contributed by atoms with Crippen LogP contribution in [0.5, 0.6) is 0 Å². The monoisotopic (exact) mass is 250 g/mol. The first kappa shape index (κ1) is 11.9. The molecule has 1 aliphatic rings. The summed E-state index contributed by atoms with van der Waals surface area (Å²) in [6.07, 6.45) is 1.99. The quantitative estimate of drug-likeness (QED) is 0.828. The molecule has 0 aromatic heterocycles. The summed E-state index contributed by atoms with van der Waals surface area (Å²) >= 11 is 5.91. The first-order chi connectivity index (χ1) is 8.15. The second-order valence-electron chi connectivity index (χ2n) is 3.71. The number of benzene rings is 1. The highest BCUT2D eigenvalue weighted by Crippen LogP contribution is 2.27. The van der Waals surface area contributed by atoms with Gasteiger partial charge in [0.1, 0.15) is 0 Å². The van der Waals surface area contributed by atoms with Crippen molar-refractivity contribution in [3.8, 4) is 0 Å². The maximum atomic E-state index is 12.0. The number of hydrogen-bond acceptors (Lipinski definition) is 3. The third-order valence-corrected chi connectivity index (χ3v) is 2.77. The molecular formula is C13H11ClO3. The second kappa shape index (κ2) is 4.72. The zero-order valence-corrected chi connectivity index (χ0v) is 10.1. The van der Waals surface area contributed by atoms with Gasteiger partial charge in [0.05, 0.1) is 17.2 Å². The molecule has 0 N–H and O–H groups in total. The van der Waals surface area contributed by atoms with Crippen molar-refractivity contribution in [3.63, 3.8) is 0 Å². The minimum absolute atomic E-state index is 0.103. The second-order valence-corrected chi connectivity index (χ2v) is 4.12. The lowest BCUT2D eigenvalue weighted by molar-refractivity contribution is 0.0883. The number of hydrogen-bond donors (Lipinski definition) is 0. The van der Waals surface area contributed by atoms with Crippen molar-refractivity contribution in [2.75, 3.05) is 6.61 Å². The average molecular weight is 251 g/mol. The Morgan fingerprint density at radius 3 is 2.76 bits per heavy atom. The van der Waals surface area contributed by atoms with Crippen molar-refractivity contribution in [1.82, 2.24) is 0 Å². The molecule has 1 aromatic rings. The van der Waals surface area contributed by atoms with E-state index >= 15 is 0 Å². The van der Waals surface area contributed by atoms with Crippen LogP contribution in [-0.2, 0) is 4.74 Å². The van der Waals surface area contributed by atoms with Gasteiger partial charge in [-0.15, -0.1) is 0 Å². The van der Waals surface area contributed by atoms with E-state index in [1.807, 2.05) is 6.92 Å². The fraction of sp³-hybridized carbons (Fsp3) is 0.231. The van der Waals surface area contributed by atoms with E-state index in [0.29, 0.717) is 17.2 Å². The van der Waals surface area contributed by atoms with Crippen molar-refractivity contribution >= 4 is 23.2 Å². The summed E-state index contributed by atoms with van der Waals surface area (Å²) < 4.78 is 5.26. The van der Waals surface area contributed by atoms with Gasteiger partial charge in [-0.3, -0.25) is 9.59 Å². The molecule has 0 saturated carbocycles. The van der Waals surface area contributed by atoms with E-state index in [1.165, 1.54) is 6.08 Å². The van der Waals surface area contributed by atoms with Crippen molar-refractivity contribution < 1.29 is 14.3 Å². The van der Waals surface area contributed by atoms with Gasteiger partial charge in [0, 0.05) is 11.6 Å². The molecule has 1 aliphatic carbocycles. The lowest BCUT2D eigenvalue weighted by Crippen LogP contribution is -2.19. The molecule has 0 aliphatic heterocycles. The highest BCUT2D eigenvalue weighted by atomic mass is 35.5. The molecule has 17 heavy (non-hydrogen) atoms. The molecule has 0 spiro atoms. The van der Waals surface area contributed by atoms with Crippen LogP contribution in [0.4, 0.5) is 0 Å². The first-order valence-corrected chi connectivity index (χ1v) is 5.75. The molecule has 0 bridgehead atoms. The highest BCUT2D eigenvalue weighted by molar-refractivity contribution is 6.37. The molecule has 88 valence electrons. The summed E-state index contributed by atoms with van der Waals surface area (Å²) in [5.74, 6) is -0.460. The van der Waals surface area contributed by atoms with Crippen LogP contribution in [0.1, 0.15) is 34.1 Å². The number of fused-ring (bicyclic) bond motifs is 1. The molecule has 0 atom stereocenters. The molecule has 0 saturated heterocycles. The van der Waals surface area contributed by atoms with E-state index in [2.05, 4.69) is 0 Å². The minimum atomic E-state index is -0.282. The Hall–Kier alpha value is -1.61. The van der Waals surface area contributed by atoms with Gasteiger partial charge in [0.15, 0.2) is 11.5 Å². The Morgan fingerprint density at radius 1 is 1.29 bits per heavy atom. The molecule has 3 nitrogen and oxygen atoms in total. The first-order valence-electron chi connectivity index (χ1n) is 5.37. The number of Topliss-reactive ketones (excluding diaryl/α,β-unsaturated/α-hetero) is 1. The Bertz CT molecular complexity index is 517. The van der Waals surface area contributed by atoms with Crippen LogP contribution in [0.3, 0.4) is 0 Å². The normalized spacial score (nSPS) is 14.4.